The lowest BCUT2D eigenvalue weighted by atomic mass is 10.2. The monoisotopic (exact) mass is 362 g/mol. The third kappa shape index (κ3) is 5.25. The molecule has 3 aromatic carbocycles. The lowest BCUT2D eigenvalue weighted by molar-refractivity contribution is -0.118. The van der Waals surface area contributed by atoms with E-state index in [-0.39, 0.29) is 12.5 Å². The Bertz CT molecular complexity index is 890. The van der Waals surface area contributed by atoms with Crippen molar-refractivity contribution in [2.45, 2.75) is 6.92 Å². The van der Waals surface area contributed by atoms with Crippen LogP contribution in [0.25, 0.3) is 0 Å². The molecule has 0 unspecified atom stereocenters. The molecule has 0 fully saturated rings. The van der Waals surface area contributed by atoms with Gasteiger partial charge in [-0.2, -0.15) is 0 Å². The molecule has 2 N–H and O–H groups in total. The fourth-order valence-corrected chi connectivity index (χ4v) is 2.52. The second-order valence-corrected chi connectivity index (χ2v) is 6.06. The molecule has 0 saturated heterocycles. The van der Waals surface area contributed by atoms with E-state index < -0.39 is 0 Å². The number of nitrogens with one attached hydrogen (secondary N) is 2. The van der Waals surface area contributed by atoms with Gasteiger partial charge in [0, 0.05) is 17.1 Å². The van der Waals surface area contributed by atoms with Crippen LogP contribution in [0.1, 0.15) is 5.56 Å². The van der Waals surface area contributed by atoms with Crippen LogP contribution in [-0.4, -0.2) is 19.6 Å². The molecule has 0 bridgehead atoms. The minimum atomic E-state index is -0.236. The summed E-state index contributed by atoms with van der Waals surface area (Å²) in [6.07, 6.45) is 0. The summed E-state index contributed by atoms with van der Waals surface area (Å²) >= 11 is 0. The van der Waals surface area contributed by atoms with Crippen molar-refractivity contribution in [3.63, 3.8) is 0 Å². The Morgan fingerprint density at radius 1 is 0.815 bits per heavy atom. The molecular weight excluding hydrogens is 340 g/mol. The molecule has 0 heterocycles. The summed E-state index contributed by atoms with van der Waals surface area (Å²) in [4.78, 5) is 12.1. The van der Waals surface area contributed by atoms with Crippen molar-refractivity contribution in [2.75, 3.05) is 24.4 Å². The second kappa shape index (κ2) is 8.76. The number of methoxy groups -OCH3 is 1. The van der Waals surface area contributed by atoms with Crippen LogP contribution in [0, 0.1) is 6.92 Å². The summed E-state index contributed by atoms with van der Waals surface area (Å²) in [5.41, 5.74) is 3.89. The van der Waals surface area contributed by atoms with Gasteiger partial charge in [0.1, 0.15) is 0 Å². The average molecular weight is 362 g/mol. The third-order valence-electron chi connectivity index (χ3n) is 3.94. The second-order valence-electron chi connectivity index (χ2n) is 6.06. The van der Waals surface area contributed by atoms with Crippen molar-refractivity contribution in [2.24, 2.45) is 0 Å². The molecule has 1 amide bonds. The number of amides is 1. The van der Waals surface area contributed by atoms with Crippen molar-refractivity contribution in [1.29, 1.82) is 0 Å². The minimum absolute atomic E-state index is 0.0935. The van der Waals surface area contributed by atoms with Crippen LogP contribution in [-0.2, 0) is 4.79 Å². The van der Waals surface area contributed by atoms with Gasteiger partial charge in [0.15, 0.2) is 18.1 Å². The van der Waals surface area contributed by atoms with Crippen LogP contribution in [0.2, 0.25) is 0 Å². The van der Waals surface area contributed by atoms with Gasteiger partial charge < -0.3 is 20.1 Å². The van der Waals surface area contributed by atoms with Crippen molar-refractivity contribution in [1.82, 2.24) is 0 Å². The molecule has 5 heteroatoms. The number of hydrogen-bond donors (Lipinski definition) is 2. The molecular formula is C22H22N2O3. The molecule has 0 spiro atoms. The SMILES string of the molecule is COc1ccccc1OCC(=O)Nc1ccc(Nc2ccc(C)cc2)cc1. The van der Waals surface area contributed by atoms with Gasteiger partial charge in [-0.1, -0.05) is 29.8 Å². The van der Waals surface area contributed by atoms with Crippen LogP contribution >= 0.6 is 0 Å². The molecule has 0 saturated carbocycles. The number of anilines is 3. The highest BCUT2D eigenvalue weighted by Gasteiger charge is 2.07. The maximum absolute atomic E-state index is 12.1. The van der Waals surface area contributed by atoms with E-state index in [1.807, 2.05) is 48.5 Å². The first-order valence-corrected chi connectivity index (χ1v) is 8.63. The first-order valence-electron chi connectivity index (χ1n) is 8.63. The number of hydrogen-bond acceptors (Lipinski definition) is 4. The lowest BCUT2D eigenvalue weighted by Gasteiger charge is -2.11. The van der Waals surface area contributed by atoms with Crippen molar-refractivity contribution in [3.8, 4) is 11.5 Å². The highest BCUT2D eigenvalue weighted by Crippen LogP contribution is 2.25. The number of para-hydroxylation sites is 2. The minimum Gasteiger partial charge on any atom is -0.493 e. The van der Waals surface area contributed by atoms with E-state index in [0.717, 1.165) is 11.4 Å². The molecule has 0 aliphatic heterocycles. The van der Waals surface area contributed by atoms with Gasteiger partial charge in [-0.3, -0.25) is 4.79 Å². The molecule has 5 nitrogen and oxygen atoms in total. The number of ether oxygens (including phenoxy) is 2. The molecule has 0 aromatic heterocycles. The maximum atomic E-state index is 12.1. The van der Waals surface area contributed by atoms with E-state index in [1.165, 1.54) is 5.56 Å². The highest BCUT2D eigenvalue weighted by molar-refractivity contribution is 5.92. The van der Waals surface area contributed by atoms with Gasteiger partial charge in [0.25, 0.3) is 5.91 Å². The smallest absolute Gasteiger partial charge is 0.262 e. The van der Waals surface area contributed by atoms with Crippen LogP contribution < -0.4 is 20.1 Å². The largest absolute Gasteiger partial charge is 0.493 e. The Kier molecular flexibility index (Phi) is 5.94. The predicted molar refractivity (Wildman–Crippen MR) is 108 cm³/mol. The van der Waals surface area contributed by atoms with Gasteiger partial charge >= 0.3 is 0 Å². The Labute approximate surface area is 158 Å². The van der Waals surface area contributed by atoms with Crippen LogP contribution in [0.3, 0.4) is 0 Å². The topological polar surface area (TPSA) is 59.6 Å². The summed E-state index contributed by atoms with van der Waals surface area (Å²) in [5, 5.41) is 6.14. The van der Waals surface area contributed by atoms with Crippen molar-refractivity contribution in [3.05, 3.63) is 78.4 Å². The molecule has 0 aliphatic carbocycles. The first-order chi connectivity index (χ1) is 13.1. The molecule has 3 rings (SSSR count). The summed E-state index contributed by atoms with van der Waals surface area (Å²) in [5.74, 6) is 0.893. The van der Waals surface area contributed by atoms with Crippen LogP contribution in [0.15, 0.2) is 72.8 Å². The number of aryl methyl sites for hydroxylation is 1. The van der Waals surface area contributed by atoms with E-state index in [4.69, 9.17) is 9.47 Å². The van der Waals surface area contributed by atoms with E-state index in [9.17, 15) is 4.79 Å². The number of rotatable bonds is 7. The quantitative estimate of drug-likeness (QED) is 0.636. The van der Waals surface area contributed by atoms with Gasteiger partial charge in [-0.05, 0) is 55.5 Å². The Morgan fingerprint density at radius 3 is 2.00 bits per heavy atom. The zero-order valence-corrected chi connectivity index (χ0v) is 15.4. The first kappa shape index (κ1) is 18.3. The van der Waals surface area contributed by atoms with Crippen LogP contribution in [0.5, 0.6) is 11.5 Å². The molecule has 0 aliphatic rings. The third-order valence-corrected chi connectivity index (χ3v) is 3.94. The van der Waals surface area contributed by atoms with E-state index in [1.54, 1.807) is 19.2 Å². The number of carbonyl (C=O) groups is 1. The summed E-state index contributed by atoms with van der Waals surface area (Å²) < 4.78 is 10.7. The predicted octanol–water partition coefficient (Wildman–Crippen LogP) is 4.76. The molecule has 3 aromatic rings. The van der Waals surface area contributed by atoms with Gasteiger partial charge in [0.05, 0.1) is 7.11 Å². The lowest BCUT2D eigenvalue weighted by Crippen LogP contribution is -2.20. The number of carbonyl (C=O) groups excluding carboxylic acids is 1. The van der Waals surface area contributed by atoms with E-state index >= 15 is 0 Å². The molecule has 0 radical (unpaired) electrons. The number of benzene rings is 3. The molecule has 138 valence electrons. The zero-order valence-electron chi connectivity index (χ0n) is 15.4. The summed E-state index contributed by atoms with van der Waals surface area (Å²) in [6, 6.07) is 22.9. The molecule has 27 heavy (non-hydrogen) atoms. The van der Waals surface area contributed by atoms with E-state index in [0.29, 0.717) is 17.2 Å². The fraction of sp³-hybridized carbons (Fsp3) is 0.136. The van der Waals surface area contributed by atoms with Gasteiger partial charge in [0.2, 0.25) is 0 Å². The average Bonchev–Trinajstić information content (AvgIpc) is 2.70. The molecule has 0 atom stereocenters. The normalized spacial score (nSPS) is 10.1. The van der Waals surface area contributed by atoms with Crippen molar-refractivity contribution >= 4 is 23.0 Å². The Balaban J connectivity index is 1.53. The van der Waals surface area contributed by atoms with Gasteiger partial charge in [-0.15, -0.1) is 0 Å². The Morgan fingerprint density at radius 2 is 1.37 bits per heavy atom. The Hall–Kier alpha value is -3.47. The zero-order chi connectivity index (χ0) is 19.1. The summed E-state index contributed by atoms with van der Waals surface area (Å²) in [6.45, 7) is 1.96. The maximum Gasteiger partial charge on any atom is 0.262 e. The standard InChI is InChI=1S/C22H22N2O3/c1-16-7-9-17(10-8-16)23-18-11-13-19(14-12-18)24-22(25)15-27-21-6-4-3-5-20(21)26-2/h3-14,23H,15H2,1-2H3,(H,24,25). The highest BCUT2D eigenvalue weighted by atomic mass is 16.5. The van der Waals surface area contributed by atoms with Gasteiger partial charge in [-0.25, -0.2) is 0 Å². The van der Waals surface area contributed by atoms with E-state index in [2.05, 4.69) is 29.7 Å². The fourth-order valence-electron chi connectivity index (χ4n) is 2.52. The summed E-state index contributed by atoms with van der Waals surface area (Å²) in [7, 11) is 1.56. The van der Waals surface area contributed by atoms with Crippen molar-refractivity contribution < 1.29 is 14.3 Å². The van der Waals surface area contributed by atoms with Crippen LogP contribution in [0.4, 0.5) is 17.1 Å².